The Labute approximate surface area is 568 Å². The Morgan fingerprint density at radius 2 is 0.959 bits per heavy atom. The summed E-state index contributed by atoms with van der Waals surface area (Å²) in [6.45, 7) is 0.213. The number of carbonyl (C=O) groups is 4. The highest BCUT2D eigenvalue weighted by Crippen LogP contribution is 2.51. The van der Waals surface area contributed by atoms with Gasteiger partial charge in [-0.05, 0) is 88.2 Å². The van der Waals surface area contributed by atoms with Crippen LogP contribution in [0.5, 0.6) is 34.5 Å². The van der Waals surface area contributed by atoms with E-state index in [1.807, 2.05) is 12.1 Å². The molecule has 34 nitrogen and oxygen atoms in total. The highest BCUT2D eigenvalue weighted by Gasteiger charge is 2.28. The number of unbranched alkanes of at least 4 members (excludes halogenated alkanes) is 6. The first-order chi connectivity index (χ1) is 45.0. The number of aldehydes is 1. The monoisotopic (exact) mass is 1440 g/mol. The van der Waals surface area contributed by atoms with Gasteiger partial charge >= 0.3 is 29.2 Å². The molecule has 0 aromatic heterocycles. The zero-order chi connectivity index (χ0) is 71.9. The number of carboxylic acids is 1. The van der Waals surface area contributed by atoms with Crippen LogP contribution in [0.4, 0.5) is 17.1 Å². The summed E-state index contributed by atoms with van der Waals surface area (Å²) in [5.74, 6) is 0.725. The van der Waals surface area contributed by atoms with Gasteiger partial charge in [-0.25, -0.2) is 0 Å². The molecule has 0 fully saturated rings. The molecule has 97 heavy (non-hydrogen) atoms. The number of nitrogens with two attached hydrogens (primary N) is 1. The first kappa shape index (κ1) is 99.7. The second kappa shape index (κ2) is 61.3. The number of hydrogen-bond acceptors (Lipinski definition) is 29. The van der Waals surface area contributed by atoms with Crippen LogP contribution < -0.4 is 49.7 Å². The van der Waals surface area contributed by atoms with Gasteiger partial charge in [-0.3, -0.25) is 48.5 Å². The van der Waals surface area contributed by atoms with Crippen LogP contribution in [0, 0.1) is 59.1 Å². The molecule has 0 bridgehead atoms. The summed E-state index contributed by atoms with van der Waals surface area (Å²) in [4.78, 5) is 85.7. The summed E-state index contributed by atoms with van der Waals surface area (Å²) < 4.78 is 87.3. The largest absolute Gasteiger partial charge is 0.596 e. The summed E-state index contributed by atoms with van der Waals surface area (Å²) in [6.07, 6.45) is 7.56. The Hall–Kier alpha value is -8.31. The fraction of sp³-hybridized carbons (Fsp3) is 0.583. The number of nitro benzene ring substituents is 2. The lowest BCUT2D eigenvalue weighted by molar-refractivity contribution is -0.386. The summed E-state index contributed by atoms with van der Waals surface area (Å²) >= 11 is 0. The number of aliphatic hydroxyl groups excluding tert-OH is 1. The van der Waals surface area contributed by atoms with Gasteiger partial charge in [0.1, 0.15) is 5.69 Å². The fourth-order valence-corrected chi connectivity index (χ4v) is 9.59. The minimum Gasteiger partial charge on any atom is -0.596 e. The summed E-state index contributed by atoms with van der Waals surface area (Å²) in [5.41, 5.74) is 4.34. The number of carboxylic acid groups (broad SMARTS) is 1. The van der Waals surface area contributed by atoms with Crippen molar-refractivity contribution >= 4 is 64.4 Å². The van der Waals surface area contributed by atoms with Crippen molar-refractivity contribution in [3.8, 4) is 52.7 Å². The van der Waals surface area contributed by atoms with Crippen molar-refractivity contribution in [1.29, 1.82) is 15.8 Å². The van der Waals surface area contributed by atoms with Gasteiger partial charge < -0.3 is 78.0 Å². The first-order valence-corrected chi connectivity index (χ1v) is 33.4. The minimum absolute atomic E-state index is 0. The molecule has 0 saturated carbocycles. The van der Waals surface area contributed by atoms with Crippen molar-refractivity contribution in [2.45, 2.75) is 132 Å². The Morgan fingerprint density at radius 1 is 0.608 bits per heavy atom. The molecule has 3 unspecified atom stereocenters. The molecule has 3 aromatic carbocycles. The minimum atomic E-state index is -3.56. The van der Waals surface area contributed by atoms with E-state index in [0.717, 1.165) is 32.8 Å². The van der Waals surface area contributed by atoms with Crippen LogP contribution in [0.1, 0.15) is 140 Å². The van der Waals surface area contributed by atoms with Crippen molar-refractivity contribution in [3.63, 3.8) is 0 Å². The van der Waals surface area contributed by atoms with E-state index in [9.17, 15) is 62.9 Å². The number of amides is 2. The molecule has 3 rings (SSSR count). The van der Waals surface area contributed by atoms with Crippen molar-refractivity contribution in [3.05, 3.63) is 78.2 Å². The van der Waals surface area contributed by atoms with Crippen LogP contribution in [0.2, 0.25) is 0 Å². The number of nitrogens with zero attached hydrogens (tertiary/aromatic N) is 6. The number of rotatable bonds is 42. The number of nitriles is 3. The third-order valence-electron chi connectivity index (χ3n) is 11.9. The smallest absolute Gasteiger partial charge is 0.331 e. The molecule has 0 radical (unpaired) electrons. The zero-order valence-electron chi connectivity index (χ0n) is 54.2. The maximum absolute atomic E-state index is 12.5. The van der Waals surface area contributed by atoms with Crippen LogP contribution in [0.3, 0.4) is 0 Å². The van der Waals surface area contributed by atoms with E-state index < -0.39 is 39.0 Å². The summed E-state index contributed by atoms with van der Waals surface area (Å²) in [7, 11) is 2.85. The molecule has 3 atom stereocenters. The predicted octanol–water partition coefficient (Wildman–Crippen LogP) is 11.1. The standard InChI is InChI=1S/C19H28N3O8P.C18H25N2O9P.C15H20N2O5.C3H4NO2P.CH5N.CH4O.3CH4/c1-21-19(23)8-5-4-6-10-29-18-13-16(22(24)25)15(12-17(18)27-2)14-30-31(26,28-3)11-7-9-20;1-26-16-11-14(13-29-30(25,27-2)10-6-8-19)15(20(23)24)12-17(16)28-9-5-3-4-7-18(21)22;1-16-15(19)6-4-3-5-7-22-14-9-12(17-20)11(10-18)8-13(14)21-2;4-2-1-3-7(5)6;2*1-2;;;/h12-13H,4-8,10-11,14H2,1-3H3,(H,21,23);11-12H,3-7,9-10,13H2,1-2H3,(H,21,22);8-10H,3-7H2,1-2H3,(H,16,19);1,3H2;2H2,1H3;2H,1H3;3*1H4. The lowest BCUT2D eigenvalue weighted by Crippen LogP contribution is -2.16. The molecule has 0 aliphatic rings. The summed E-state index contributed by atoms with van der Waals surface area (Å²) in [5, 5.41) is 71.6. The van der Waals surface area contributed by atoms with Gasteiger partial charge in [-0.2, -0.15) is 15.8 Å². The van der Waals surface area contributed by atoms with E-state index >= 15 is 0 Å². The Morgan fingerprint density at radius 3 is 1.24 bits per heavy atom. The van der Waals surface area contributed by atoms with Crippen LogP contribution in [0.25, 0.3) is 0 Å². The molecule has 0 saturated heterocycles. The molecule has 0 spiro atoms. The van der Waals surface area contributed by atoms with Gasteiger partial charge in [0.2, 0.25) is 11.8 Å². The average Bonchev–Trinajstić information content (AvgIpc) is 0.848. The van der Waals surface area contributed by atoms with Gasteiger partial charge in [0, 0.05) is 79.2 Å². The quantitative estimate of drug-likeness (QED) is 0.00878. The molecule has 0 aliphatic carbocycles. The lowest BCUT2D eigenvalue weighted by atomic mass is 10.1. The third-order valence-corrected chi connectivity index (χ3v) is 16.2. The van der Waals surface area contributed by atoms with Crippen LogP contribution in [0.15, 0.2) is 41.6 Å². The van der Waals surface area contributed by atoms with Gasteiger partial charge in [0.25, 0.3) is 11.4 Å². The number of ether oxygens (including phenoxy) is 6. The number of nitro groups is 2. The molecule has 0 aliphatic heterocycles. The predicted molar refractivity (Wildman–Crippen MR) is 361 cm³/mol. The molecule has 0 heterocycles. The second-order valence-electron chi connectivity index (χ2n) is 18.1. The Bertz CT molecular complexity index is 3030. The second-order valence-corrected chi connectivity index (χ2v) is 23.8. The normalized spacial score (nSPS) is 11.0. The zero-order valence-corrected chi connectivity index (χ0v) is 56.9. The first-order valence-electron chi connectivity index (χ1n) is 28.6. The topological polar surface area (TPSA) is 512 Å². The van der Waals surface area contributed by atoms with Crippen molar-refractivity contribution in [2.75, 3.05) is 102 Å². The number of nitrogens with one attached hydrogen (secondary N) is 2. The number of aliphatic carboxylic acids is 1. The fourth-order valence-electron chi connectivity index (χ4n) is 7.06. The van der Waals surface area contributed by atoms with E-state index in [0.29, 0.717) is 75.9 Å². The SMILES string of the molecule is C.C.C.CN.CNC(=O)CCCCCOc1cc(N=O)c(C=O)cc1OC.CNC(=O)CCCCCOc1cc([N+](=O)[O-])c(COP(=O)(CCC#N)OC)cc1OC.CO.COc1cc(COP(=O)(CCC#N)OC)c([N+](=O)[O-])cc1OCCCCCC(=O)O.N#CCC[P+](=O)[O-]. The number of aliphatic hydroxyl groups is 1. The molecular formula is C60H98N9O25P3. The average molecular weight is 1440 g/mol. The van der Waals surface area contributed by atoms with Crippen LogP contribution in [-0.2, 0) is 59.4 Å². The number of nitroso groups, excluding NO2 is 1. The Balaban J connectivity index is -0.000000295. The molecule has 6 N–H and O–H groups in total. The maximum atomic E-state index is 12.5. The third kappa shape index (κ3) is 44.2. The lowest BCUT2D eigenvalue weighted by Gasteiger charge is -2.16. The van der Waals surface area contributed by atoms with E-state index in [2.05, 4.69) is 21.5 Å². The van der Waals surface area contributed by atoms with E-state index in [4.69, 9.17) is 72.5 Å². The van der Waals surface area contributed by atoms with Crippen molar-refractivity contribution < 1.29 is 104 Å². The van der Waals surface area contributed by atoms with Gasteiger partial charge in [0.05, 0.1) is 124 Å². The maximum Gasteiger partial charge on any atom is 0.331 e. The van der Waals surface area contributed by atoms with E-state index in [1.165, 1.54) is 79.0 Å². The van der Waals surface area contributed by atoms with Gasteiger partial charge in [-0.15, -0.1) is 4.91 Å². The molecular weight excluding hydrogens is 1340 g/mol. The highest BCUT2D eigenvalue weighted by molar-refractivity contribution is 7.54. The van der Waals surface area contributed by atoms with E-state index in [-0.39, 0.29) is 155 Å². The van der Waals surface area contributed by atoms with Gasteiger partial charge in [0.15, 0.2) is 46.9 Å². The highest BCUT2D eigenvalue weighted by atomic mass is 31.2. The molecule has 3 aromatic rings. The van der Waals surface area contributed by atoms with Gasteiger partial charge in [-0.1, -0.05) is 26.8 Å². The van der Waals surface area contributed by atoms with Crippen LogP contribution >= 0.6 is 23.2 Å². The van der Waals surface area contributed by atoms with Crippen molar-refractivity contribution in [1.82, 2.24) is 10.6 Å². The number of hydrogen-bond donors (Lipinski definition) is 5. The number of benzene rings is 3. The molecule has 2 amide bonds. The number of methoxy groups -OCH3 is 3. The van der Waals surface area contributed by atoms with Crippen molar-refractivity contribution in [2.24, 2.45) is 10.9 Å². The van der Waals surface area contributed by atoms with E-state index in [1.54, 1.807) is 20.2 Å². The molecule has 548 valence electrons. The van der Waals surface area contributed by atoms with Crippen LogP contribution in [-0.4, -0.2) is 146 Å². The molecule has 37 heteroatoms. The number of carbonyl (C=O) groups excluding carboxylic acids is 3. The summed E-state index contributed by atoms with van der Waals surface area (Å²) in [6, 6.07) is 13.4. The Kier molecular flexibility index (Phi) is 63.0.